The van der Waals surface area contributed by atoms with Gasteiger partial charge in [-0.25, -0.2) is 4.79 Å². The highest BCUT2D eigenvalue weighted by Crippen LogP contribution is 2.49. The van der Waals surface area contributed by atoms with Gasteiger partial charge in [0.2, 0.25) is 5.79 Å². The van der Waals surface area contributed by atoms with Gasteiger partial charge in [-0.05, 0) is 45.4 Å². The number of carbonyl (C=O) groups is 1. The molecule has 0 aromatic heterocycles. The Morgan fingerprint density at radius 2 is 1.74 bits per heavy atom. The van der Waals surface area contributed by atoms with Crippen LogP contribution in [0.2, 0.25) is 0 Å². The Morgan fingerprint density at radius 3 is 2.30 bits per heavy atom. The molecule has 0 aromatic carbocycles. The van der Waals surface area contributed by atoms with Crippen molar-refractivity contribution in [3.05, 3.63) is 12.2 Å². The smallest absolute Gasteiger partial charge is 0.333 e. The van der Waals surface area contributed by atoms with Crippen molar-refractivity contribution in [3.63, 3.8) is 0 Å². The first-order valence-corrected chi connectivity index (χ1v) is 10.1. The van der Waals surface area contributed by atoms with E-state index in [1.807, 2.05) is 0 Å². The summed E-state index contributed by atoms with van der Waals surface area (Å²) in [6.07, 6.45) is 8.73. The van der Waals surface area contributed by atoms with Gasteiger partial charge >= 0.3 is 5.97 Å². The molecule has 2 saturated carbocycles. The predicted octanol–water partition coefficient (Wildman–Crippen LogP) is 2.54. The second kappa shape index (κ2) is 8.17. The molecule has 0 amide bonds. The van der Waals surface area contributed by atoms with E-state index in [-0.39, 0.29) is 12.7 Å². The summed E-state index contributed by atoms with van der Waals surface area (Å²) in [4.78, 5) is 11.6. The van der Waals surface area contributed by atoms with Gasteiger partial charge in [-0.15, -0.1) is 0 Å². The maximum absolute atomic E-state index is 11.6. The van der Waals surface area contributed by atoms with Crippen LogP contribution in [0, 0.1) is 0 Å². The average Bonchev–Trinajstić information content (AvgIpc) is 3.32. The molecule has 2 heterocycles. The molecule has 154 valence electrons. The van der Waals surface area contributed by atoms with Crippen LogP contribution in [-0.4, -0.2) is 52.9 Å². The second-order valence-corrected chi connectivity index (χ2v) is 8.17. The molecule has 4 fully saturated rings. The van der Waals surface area contributed by atoms with Crippen LogP contribution in [0.25, 0.3) is 0 Å². The van der Waals surface area contributed by atoms with Gasteiger partial charge in [0.05, 0.1) is 6.61 Å². The summed E-state index contributed by atoms with van der Waals surface area (Å²) in [5.74, 6) is -3.17. The third-order valence-corrected chi connectivity index (χ3v) is 5.69. The standard InChI is InChI=1S/C15H22O5.C5H10O2/c1-11(2)13(16)17-10-15-12(6-5-9-18-15)19-14(20-15)7-3-4-8-14;6-5(7)3-1-2-4-5/h12H,1,3-10H2,2H3;6-7H,1-4H2/t12?,15-;/m0./s1. The molecule has 1 unspecified atom stereocenters. The fourth-order valence-corrected chi connectivity index (χ4v) is 4.20. The number of fused-ring (bicyclic) bond motifs is 1. The van der Waals surface area contributed by atoms with Gasteiger partial charge in [-0.1, -0.05) is 6.58 Å². The topological polar surface area (TPSA) is 94.5 Å². The molecule has 4 aliphatic rings. The van der Waals surface area contributed by atoms with Crippen molar-refractivity contribution < 1.29 is 34.0 Å². The van der Waals surface area contributed by atoms with Gasteiger partial charge in [0.25, 0.3) is 0 Å². The fraction of sp³-hybridized carbons (Fsp3) is 0.850. The van der Waals surface area contributed by atoms with Crippen LogP contribution in [0.3, 0.4) is 0 Å². The molecule has 2 aliphatic carbocycles. The van der Waals surface area contributed by atoms with Crippen LogP contribution < -0.4 is 0 Å². The minimum absolute atomic E-state index is 0.0745. The summed E-state index contributed by atoms with van der Waals surface area (Å²) in [7, 11) is 0. The van der Waals surface area contributed by atoms with Gasteiger partial charge < -0.3 is 29.2 Å². The molecule has 2 atom stereocenters. The molecular formula is C20H32O7. The van der Waals surface area contributed by atoms with Crippen molar-refractivity contribution in [2.45, 2.75) is 94.6 Å². The molecule has 7 heteroatoms. The molecule has 2 N–H and O–H groups in total. The molecule has 4 rings (SSSR count). The van der Waals surface area contributed by atoms with Crippen LogP contribution in [-0.2, 0) is 23.7 Å². The van der Waals surface area contributed by atoms with E-state index in [4.69, 9.17) is 29.2 Å². The maximum Gasteiger partial charge on any atom is 0.333 e. The van der Waals surface area contributed by atoms with Crippen LogP contribution in [0.15, 0.2) is 12.2 Å². The summed E-state index contributed by atoms with van der Waals surface area (Å²) in [5, 5.41) is 17.5. The SMILES string of the molecule is C=C(C)C(=O)OC[C@@]12OCCCC1OC1(CCCC1)O2.OC1(O)CCCC1. The predicted molar refractivity (Wildman–Crippen MR) is 96.5 cm³/mol. The van der Waals surface area contributed by atoms with Crippen molar-refractivity contribution >= 4 is 5.97 Å². The van der Waals surface area contributed by atoms with E-state index in [0.717, 1.165) is 51.4 Å². The molecular weight excluding hydrogens is 352 g/mol. The van der Waals surface area contributed by atoms with Crippen molar-refractivity contribution in [1.29, 1.82) is 0 Å². The van der Waals surface area contributed by atoms with Gasteiger partial charge in [0, 0.05) is 31.3 Å². The summed E-state index contributed by atoms with van der Waals surface area (Å²) in [5.41, 5.74) is 0.378. The minimum atomic E-state index is -1.31. The summed E-state index contributed by atoms with van der Waals surface area (Å²) in [6.45, 7) is 5.90. The van der Waals surface area contributed by atoms with Crippen molar-refractivity contribution in [1.82, 2.24) is 0 Å². The average molecular weight is 384 g/mol. The van der Waals surface area contributed by atoms with E-state index >= 15 is 0 Å². The van der Waals surface area contributed by atoms with Crippen molar-refractivity contribution in [2.24, 2.45) is 0 Å². The molecule has 2 saturated heterocycles. The molecule has 0 bridgehead atoms. The molecule has 7 nitrogen and oxygen atoms in total. The van der Waals surface area contributed by atoms with Gasteiger partial charge in [-0.3, -0.25) is 0 Å². The van der Waals surface area contributed by atoms with Crippen LogP contribution >= 0.6 is 0 Å². The fourth-order valence-electron chi connectivity index (χ4n) is 4.20. The van der Waals surface area contributed by atoms with Crippen LogP contribution in [0.5, 0.6) is 0 Å². The number of rotatable bonds is 3. The maximum atomic E-state index is 11.6. The first kappa shape index (κ1) is 20.7. The summed E-state index contributed by atoms with van der Waals surface area (Å²) in [6, 6.07) is 0. The molecule has 0 radical (unpaired) electrons. The Balaban J connectivity index is 0.000000253. The van der Waals surface area contributed by atoms with Crippen molar-refractivity contribution in [3.8, 4) is 0 Å². The quantitative estimate of drug-likeness (QED) is 0.439. The van der Waals surface area contributed by atoms with E-state index in [0.29, 0.717) is 25.0 Å². The zero-order valence-corrected chi connectivity index (χ0v) is 16.2. The Morgan fingerprint density at radius 1 is 1.11 bits per heavy atom. The largest absolute Gasteiger partial charge is 0.456 e. The van der Waals surface area contributed by atoms with E-state index in [2.05, 4.69) is 6.58 Å². The third-order valence-electron chi connectivity index (χ3n) is 5.69. The van der Waals surface area contributed by atoms with Gasteiger partial charge in [0.15, 0.2) is 11.6 Å². The Kier molecular flexibility index (Phi) is 6.27. The summed E-state index contributed by atoms with van der Waals surface area (Å²) < 4.78 is 23.5. The molecule has 1 spiro atoms. The second-order valence-electron chi connectivity index (χ2n) is 8.17. The number of carbonyl (C=O) groups excluding carboxylic acids is 1. The summed E-state index contributed by atoms with van der Waals surface area (Å²) >= 11 is 0. The van der Waals surface area contributed by atoms with Crippen LogP contribution in [0.4, 0.5) is 0 Å². The number of hydrogen-bond acceptors (Lipinski definition) is 7. The number of ether oxygens (including phenoxy) is 4. The first-order chi connectivity index (χ1) is 12.8. The van der Waals surface area contributed by atoms with Gasteiger partial charge in [-0.2, -0.15) is 0 Å². The zero-order valence-electron chi connectivity index (χ0n) is 16.2. The first-order valence-electron chi connectivity index (χ1n) is 10.1. The highest BCUT2D eigenvalue weighted by molar-refractivity contribution is 5.86. The van der Waals surface area contributed by atoms with Crippen molar-refractivity contribution in [2.75, 3.05) is 13.2 Å². The lowest BCUT2D eigenvalue weighted by Crippen LogP contribution is -2.50. The number of hydrogen-bond donors (Lipinski definition) is 2. The molecule has 0 aromatic rings. The lowest BCUT2D eigenvalue weighted by Gasteiger charge is -2.35. The van der Waals surface area contributed by atoms with E-state index in [1.165, 1.54) is 0 Å². The third kappa shape index (κ3) is 4.90. The minimum Gasteiger partial charge on any atom is -0.456 e. The lowest BCUT2D eigenvalue weighted by atomic mass is 10.0. The molecule has 2 aliphatic heterocycles. The van der Waals surface area contributed by atoms with E-state index in [9.17, 15) is 4.79 Å². The van der Waals surface area contributed by atoms with Crippen LogP contribution in [0.1, 0.15) is 71.1 Å². The highest BCUT2D eigenvalue weighted by Gasteiger charge is 2.60. The molecule has 27 heavy (non-hydrogen) atoms. The van der Waals surface area contributed by atoms with Gasteiger partial charge in [0.1, 0.15) is 12.7 Å². The highest BCUT2D eigenvalue weighted by atomic mass is 16.9. The lowest BCUT2D eigenvalue weighted by molar-refractivity contribution is -0.286. The Labute approximate surface area is 160 Å². The van der Waals surface area contributed by atoms with E-state index < -0.39 is 23.3 Å². The number of esters is 1. The number of aliphatic hydroxyl groups is 2. The normalized spacial score (nSPS) is 33.2. The zero-order chi connectivity index (χ0) is 19.5. The Hall–Kier alpha value is -0.990. The monoisotopic (exact) mass is 384 g/mol. The van der Waals surface area contributed by atoms with E-state index in [1.54, 1.807) is 6.92 Å². The Bertz CT molecular complexity index is 545.